The van der Waals surface area contributed by atoms with Gasteiger partial charge in [0.05, 0.1) is 22.5 Å². The highest BCUT2D eigenvalue weighted by Crippen LogP contribution is 2.23. The van der Waals surface area contributed by atoms with Crippen LogP contribution < -0.4 is 10.6 Å². The third-order valence-corrected chi connectivity index (χ3v) is 3.80. The molecule has 2 N–H and O–H groups in total. The summed E-state index contributed by atoms with van der Waals surface area (Å²) in [5, 5.41) is 10.2. The standard InChI is InChI=1S/C16H18Cl2N4O2/c1-9(2)7-19-16(24)14-13(8-20-22(14)3)21-15(23)11-5-4-10(17)6-12(11)18/h4-6,8-9H,7H2,1-3H3,(H,19,24)(H,21,23). The molecule has 0 aliphatic rings. The number of amides is 2. The molecule has 0 aliphatic carbocycles. The largest absolute Gasteiger partial charge is 0.350 e. The predicted molar refractivity (Wildman–Crippen MR) is 94.8 cm³/mol. The van der Waals surface area contributed by atoms with Crippen molar-refractivity contribution in [2.45, 2.75) is 13.8 Å². The van der Waals surface area contributed by atoms with Crippen LogP contribution in [0.3, 0.4) is 0 Å². The number of nitrogens with one attached hydrogen (secondary N) is 2. The van der Waals surface area contributed by atoms with Crippen LogP contribution in [0.25, 0.3) is 0 Å². The third-order valence-electron chi connectivity index (χ3n) is 3.25. The molecule has 0 saturated carbocycles. The molecule has 1 aromatic carbocycles. The van der Waals surface area contributed by atoms with Gasteiger partial charge in [0.1, 0.15) is 5.69 Å². The van der Waals surface area contributed by atoms with E-state index in [4.69, 9.17) is 23.2 Å². The second-order valence-electron chi connectivity index (χ2n) is 5.71. The SMILES string of the molecule is CC(C)CNC(=O)c1c(NC(=O)c2ccc(Cl)cc2Cl)cnn1C. The summed E-state index contributed by atoms with van der Waals surface area (Å²) in [4.78, 5) is 24.7. The van der Waals surface area contributed by atoms with E-state index >= 15 is 0 Å². The van der Waals surface area contributed by atoms with E-state index in [-0.39, 0.29) is 22.2 Å². The van der Waals surface area contributed by atoms with Crippen LogP contribution in [-0.2, 0) is 7.05 Å². The Labute approximate surface area is 150 Å². The van der Waals surface area contributed by atoms with Crippen molar-refractivity contribution in [3.8, 4) is 0 Å². The molecule has 8 heteroatoms. The highest BCUT2D eigenvalue weighted by Gasteiger charge is 2.20. The van der Waals surface area contributed by atoms with Crippen molar-refractivity contribution < 1.29 is 9.59 Å². The van der Waals surface area contributed by atoms with Gasteiger partial charge < -0.3 is 10.6 Å². The Hall–Kier alpha value is -2.05. The topological polar surface area (TPSA) is 76.0 Å². The smallest absolute Gasteiger partial charge is 0.271 e. The molecular weight excluding hydrogens is 351 g/mol. The van der Waals surface area contributed by atoms with E-state index in [0.717, 1.165) is 0 Å². The normalized spacial score (nSPS) is 10.8. The first-order chi connectivity index (χ1) is 11.3. The second kappa shape index (κ2) is 7.68. The number of hydrogen-bond donors (Lipinski definition) is 2. The zero-order valence-corrected chi connectivity index (χ0v) is 15.1. The minimum absolute atomic E-state index is 0.231. The molecule has 0 fully saturated rings. The molecule has 1 heterocycles. The Kier molecular flexibility index (Phi) is 5.85. The fourth-order valence-corrected chi connectivity index (χ4v) is 2.54. The molecule has 128 valence electrons. The summed E-state index contributed by atoms with van der Waals surface area (Å²) in [6.07, 6.45) is 1.42. The molecule has 2 rings (SSSR count). The molecule has 0 saturated heterocycles. The summed E-state index contributed by atoms with van der Waals surface area (Å²) in [5.74, 6) is -0.433. The number of carbonyl (C=O) groups excluding carboxylic acids is 2. The van der Waals surface area contributed by atoms with Gasteiger partial charge in [-0.25, -0.2) is 0 Å². The number of aryl methyl sites for hydroxylation is 1. The molecule has 0 unspecified atom stereocenters. The van der Waals surface area contributed by atoms with Crippen LogP contribution >= 0.6 is 23.2 Å². The minimum atomic E-state index is -0.442. The lowest BCUT2D eigenvalue weighted by atomic mass is 10.2. The van der Waals surface area contributed by atoms with Crippen molar-refractivity contribution in [1.82, 2.24) is 15.1 Å². The zero-order valence-electron chi connectivity index (χ0n) is 13.6. The lowest BCUT2D eigenvalue weighted by molar-refractivity contribution is 0.0940. The van der Waals surface area contributed by atoms with Gasteiger partial charge in [-0.15, -0.1) is 0 Å². The van der Waals surface area contributed by atoms with Crippen molar-refractivity contribution in [3.63, 3.8) is 0 Å². The molecule has 2 amide bonds. The summed E-state index contributed by atoms with van der Waals surface area (Å²) in [5.41, 5.74) is 0.849. The molecule has 0 radical (unpaired) electrons. The molecule has 2 aromatic rings. The quantitative estimate of drug-likeness (QED) is 0.849. The van der Waals surface area contributed by atoms with Crippen molar-refractivity contribution in [1.29, 1.82) is 0 Å². The van der Waals surface area contributed by atoms with Crippen LogP contribution in [0.4, 0.5) is 5.69 Å². The van der Waals surface area contributed by atoms with Crippen LogP contribution in [0.15, 0.2) is 24.4 Å². The van der Waals surface area contributed by atoms with Gasteiger partial charge in [0.15, 0.2) is 0 Å². The van der Waals surface area contributed by atoms with Gasteiger partial charge in [0.2, 0.25) is 0 Å². The Morgan fingerprint density at radius 3 is 2.58 bits per heavy atom. The van der Waals surface area contributed by atoms with E-state index in [1.807, 2.05) is 13.8 Å². The average molecular weight is 369 g/mol. The van der Waals surface area contributed by atoms with E-state index in [1.165, 1.54) is 23.0 Å². The summed E-state index contributed by atoms with van der Waals surface area (Å²) >= 11 is 11.9. The van der Waals surface area contributed by atoms with Crippen molar-refractivity contribution >= 4 is 40.7 Å². The van der Waals surface area contributed by atoms with Gasteiger partial charge >= 0.3 is 0 Å². The Morgan fingerprint density at radius 2 is 1.96 bits per heavy atom. The number of benzene rings is 1. The van der Waals surface area contributed by atoms with Gasteiger partial charge in [-0.2, -0.15) is 5.10 Å². The van der Waals surface area contributed by atoms with Crippen LogP contribution in [0.2, 0.25) is 10.0 Å². The van der Waals surface area contributed by atoms with Crippen LogP contribution in [0.1, 0.15) is 34.7 Å². The lowest BCUT2D eigenvalue weighted by Gasteiger charge is -2.11. The fourth-order valence-electron chi connectivity index (χ4n) is 2.04. The van der Waals surface area contributed by atoms with Crippen molar-refractivity contribution in [2.75, 3.05) is 11.9 Å². The lowest BCUT2D eigenvalue weighted by Crippen LogP contribution is -2.30. The average Bonchev–Trinajstić information content (AvgIpc) is 2.85. The summed E-state index contributed by atoms with van der Waals surface area (Å²) < 4.78 is 1.41. The Balaban J connectivity index is 2.21. The van der Waals surface area contributed by atoms with Gasteiger partial charge in [-0.05, 0) is 24.1 Å². The second-order valence-corrected chi connectivity index (χ2v) is 6.56. The molecule has 0 aliphatic heterocycles. The van der Waals surface area contributed by atoms with Crippen molar-refractivity contribution in [2.24, 2.45) is 13.0 Å². The maximum absolute atomic E-state index is 12.4. The first kappa shape index (κ1) is 18.3. The van der Waals surface area contributed by atoms with Gasteiger partial charge in [-0.1, -0.05) is 37.0 Å². The maximum Gasteiger partial charge on any atom is 0.271 e. The molecule has 0 bridgehead atoms. The monoisotopic (exact) mass is 368 g/mol. The summed E-state index contributed by atoms with van der Waals surface area (Å²) in [6.45, 7) is 4.52. The van der Waals surface area contributed by atoms with Gasteiger partial charge in [0.25, 0.3) is 11.8 Å². The number of halogens is 2. The summed E-state index contributed by atoms with van der Waals surface area (Å²) in [7, 11) is 1.63. The van der Waals surface area contributed by atoms with E-state index in [1.54, 1.807) is 13.1 Å². The number of aromatic nitrogens is 2. The number of hydrogen-bond acceptors (Lipinski definition) is 3. The zero-order chi connectivity index (χ0) is 17.9. The first-order valence-corrected chi connectivity index (χ1v) is 8.11. The van der Waals surface area contributed by atoms with Crippen LogP contribution in [0.5, 0.6) is 0 Å². The van der Waals surface area contributed by atoms with Gasteiger partial charge in [-0.3, -0.25) is 14.3 Å². The molecule has 1 aromatic heterocycles. The number of anilines is 1. The fraction of sp³-hybridized carbons (Fsp3) is 0.312. The first-order valence-electron chi connectivity index (χ1n) is 7.36. The Morgan fingerprint density at radius 1 is 1.25 bits per heavy atom. The third kappa shape index (κ3) is 4.27. The highest BCUT2D eigenvalue weighted by molar-refractivity contribution is 6.37. The molecule has 0 spiro atoms. The predicted octanol–water partition coefficient (Wildman–Crippen LogP) is 3.37. The molecule has 6 nitrogen and oxygen atoms in total. The van der Waals surface area contributed by atoms with E-state index in [0.29, 0.717) is 23.2 Å². The van der Waals surface area contributed by atoms with Crippen molar-refractivity contribution in [3.05, 3.63) is 45.7 Å². The minimum Gasteiger partial charge on any atom is -0.350 e. The number of carbonyl (C=O) groups is 2. The molecule has 0 atom stereocenters. The van der Waals surface area contributed by atoms with Crippen LogP contribution in [-0.4, -0.2) is 28.1 Å². The summed E-state index contributed by atoms with van der Waals surface area (Å²) in [6, 6.07) is 4.58. The van der Waals surface area contributed by atoms with Gasteiger partial charge in [0, 0.05) is 18.6 Å². The van der Waals surface area contributed by atoms with E-state index in [9.17, 15) is 9.59 Å². The van der Waals surface area contributed by atoms with Crippen LogP contribution in [0, 0.1) is 5.92 Å². The van der Waals surface area contributed by atoms with E-state index < -0.39 is 5.91 Å². The molecular formula is C16H18Cl2N4O2. The number of rotatable bonds is 5. The van der Waals surface area contributed by atoms with E-state index in [2.05, 4.69) is 15.7 Å². The highest BCUT2D eigenvalue weighted by atomic mass is 35.5. The Bertz CT molecular complexity index is 771. The molecule has 24 heavy (non-hydrogen) atoms. The number of nitrogens with zero attached hydrogens (tertiary/aromatic N) is 2. The maximum atomic E-state index is 12.4.